The molecule has 10 heteroatoms. The third kappa shape index (κ3) is 4.23. The number of para-hydroxylation sites is 1. The van der Waals surface area contributed by atoms with Gasteiger partial charge in [-0.2, -0.15) is 0 Å². The summed E-state index contributed by atoms with van der Waals surface area (Å²) in [6.45, 7) is 4.52. The van der Waals surface area contributed by atoms with E-state index >= 15 is 0 Å². The number of nitrogens with zero attached hydrogens (tertiary/aromatic N) is 4. The van der Waals surface area contributed by atoms with Crippen molar-refractivity contribution in [2.75, 3.05) is 49.2 Å². The molecule has 2 aliphatic rings. The number of carbonyl (C=O) groups is 2. The minimum Gasteiger partial charge on any atom is -0.378 e. The predicted octanol–water partition coefficient (Wildman–Crippen LogP) is 2.20. The molecule has 166 valence electrons. The van der Waals surface area contributed by atoms with Gasteiger partial charge in [0.15, 0.2) is 5.13 Å². The molecule has 2 N–H and O–H groups in total. The minimum atomic E-state index is -0.453. The Bertz CT molecular complexity index is 1140. The first-order chi connectivity index (χ1) is 15.7. The molecule has 0 spiro atoms. The van der Waals surface area contributed by atoms with E-state index in [2.05, 4.69) is 25.6 Å². The van der Waals surface area contributed by atoms with Crippen LogP contribution in [0.5, 0.6) is 0 Å². The lowest BCUT2D eigenvalue weighted by atomic mass is 10.1. The van der Waals surface area contributed by atoms with Gasteiger partial charge in [-0.3, -0.25) is 20.4 Å². The first-order valence-electron chi connectivity index (χ1n) is 10.7. The Balaban J connectivity index is 1.31. The van der Waals surface area contributed by atoms with Crippen molar-refractivity contribution in [2.45, 2.75) is 12.8 Å². The van der Waals surface area contributed by atoms with Crippen molar-refractivity contribution in [3.8, 4) is 0 Å². The molecular weight excluding hydrogens is 428 g/mol. The van der Waals surface area contributed by atoms with Crippen molar-refractivity contribution in [1.29, 1.82) is 0 Å². The topological polar surface area (TPSA) is 99.7 Å². The number of pyridine rings is 1. The molecule has 3 aromatic rings. The Kier molecular flexibility index (Phi) is 5.87. The number of anilines is 2. The molecule has 0 unspecified atom stereocenters. The van der Waals surface area contributed by atoms with Crippen molar-refractivity contribution in [3.05, 3.63) is 47.0 Å². The van der Waals surface area contributed by atoms with Crippen LogP contribution in [0.1, 0.15) is 33.7 Å². The van der Waals surface area contributed by atoms with E-state index in [0.29, 0.717) is 24.6 Å². The highest BCUT2D eigenvalue weighted by atomic mass is 32.1. The van der Waals surface area contributed by atoms with Crippen molar-refractivity contribution in [3.63, 3.8) is 0 Å². The van der Waals surface area contributed by atoms with E-state index in [9.17, 15) is 9.59 Å². The van der Waals surface area contributed by atoms with Crippen LogP contribution < -0.4 is 20.7 Å². The lowest BCUT2D eigenvalue weighted by molar-refractivity contribution is 0.0844. The van der Waals surface area contributed by atoms with Gasteiger partial charge in [0, 0.05) is 36.9 Å². The number of hydrogen-bond donors (Lipinski definition) is 2. The van der Waals surface area contributed by atoms with E-state index in [1.54, 1.807) is 5.38 Å². The van der Waals surface area contributed by atoms with Gasteiger partial charge in [-0.25, -0.2) is 9.97 Å². The van der Waals surface area contributed by atoms with Crippen molar-refractivity contribution in [1.82, 2.24) is 20.8 Å². The molecule has 0 radical (unpaired) electrons. The quantitative estimate of drug-likeness (QED) is 0.586. The Morgan fingerprint density at radius 1 is 0.938 bits per heavy atom. The fourth-order valence-corrected chi connectivity index (χ4v) is 4.82. The highest BCUT2D eigenvalue weighted by Crippen LogP contribution is 2.26. The lowest BCUT2D eigenvalue weighted by Gasteiger charge is -2.25. The fourth-order valence-electron chi connectivity index (χ4n) is 3.96. The van der Waals surface area contributed by atoms with Gasteiger partial charge in [0.1, 0.15) is 11.5 Å². The van der Waals surface area contributed by atoms with Gasteiger partial charge in [0.05, 0.1) is 24.3 Å². The van der Waals surface area contributed by atoms with Gasteiger partial charge < -0.3 is 14.5 Å². The van der Waals surface area contributed by atoms with Crippen LogP contribution in [0.2, 0.25) is 0 Å². The van der Waals surface area contributed by atoms with E-state index in [1.807, 2.05) is 30.3 Å². The summed E-state index contributed by atoms with van der Waals surface area (Å²) in [6, 6.07) is 9.54. The maximum absolute atomic E-state index is 13.0. The largest absolute Gasteiger partial charge is 0.378 e. The Labute approximate surface area is 189 Å². The fraction of sp³-hybridized carbons (Fsp3) is 0.364. The number of aromatic nitrogens is 2. The number of thiazole rings is 1. The SMILES string of the molecule is O=C(NNC(=O)c1cc2ccccc2nc1N1CCCC1)c1csc(N2CCOCC2)n1. The van der Waals surface area contributed by atoms with Gasteiger partial charge in [0.25, 0.3) is 11.8 Å². The van der Waals surface area contributed by atoms with E-state index in [-0.39, 0.29) is 5.69 Å². The van der Waals surface area contributed by atoms with E-state index in [0.717, 1.165) is 55.1 Å². The van der Waals surface area contributed by atoms with Crippen molar-refractivity contribution >= 4 is 45.0 Å². The number of ether oxygens (including phenoxy) is 1. The van der Waals surface area contributed by atoms with Gasteiger partial charge in [-0.1, -0.05) is 18.2 Å². The molecule has 0 atom stereocenters. The second-order valence-corrected chi connectivity index (χ2v) is 8.61. The van der Waals surface area contributed by atoms with Gasteiger partial charge in [-0.05, 0) is 25.0 Å². The Morgan fingerprint density at radius 2 is 1.69 bits per heavy atom. The van der Waals surface area contributed by atoms with E-state index < -0.39 is 11.8 Å². The standard InChI is InChI=1S/C22H24N6O3S/c29-20(25-26-21(30)18-14-32-22(24-18)28-9-11-31-12-10-28)16-13-15-5-1-2-6-17(15)23-19(16)27-7-3-4-8-27/h1-2,5-6,13-14H,3-4,7-12H2,(H,25,29)(H,26,30). The molecule has 2 amide bonds. The molecular formula is C22H24N6O3S. The number of hydrazine groups is 1. The lowest BCUT2D eigenvalue weighted by Crippen LogP contribution is -2.42. The summed E-state index contributed by atoms with van der Waals surface area (Å²) in [7, 11) is 0. The molecule has 5 rings (SSSR count). The summed E-state index contributed by atoms with van der Waals surface area (Å²) in [5.41, 5.74) is 6.59. The smallest absolute Gasteiger partial charge is 0.289 e. The van der Waals surface area contributed by atoms with Crippen LogP contribution in [0, 0.1) is 0 Å². The van der Waals surface area contributed by atoms with E-state index in [4.69, 9.17) is 9.72 Å². The van der Waals surface area contributed by atoms with Crippen LogP contribution in [0.3, 0.4) is 0 Å². The molecule has 9 nitrogen and oxygen atoms in total. The molecule has 0 aliphatic carbocycles. The van der Waals surface area contributed by atoms with Gasteiger partial charge in [-0.15, -0.1) is 11.3 Å². The highest BCUT2D eigenvalue weighted by Gasteiger charge is 2.23. The average Bonchev–Trinajstić information content (AvgIpc) is 3.55. The van der Waals surface area contributed by atoms with Crippen LogP contribution in [-0.2, 0) is 4.74 Å². The normalized spacial score (nSPS) is 16.4. The van der Waals surface area contributed by atoms with Crippen LogP contribution in [0.15, 0.2) is 35.7 Å². The number of nitrogens with one attached hydrogen (secondary N) is 2. The number of amides is 2. The van der Waals surface area contributed by atoms with Crippen molar-refractivity contribution in [2.24, 2.45) is 0 Å². The third-order valence-corrected chi connectivity index (χ3v) is 6.55. The maximum Gasteiger partial charge on any atom is 0.289 e. The molecule has 2 aromatic heterocycles. The third-order valence-electron chi connectivity index (χ3n) is 5.65. The Morgan fingerprint density at radius 3 is 2.50 bits per heavy atom. The molecule has 1 aromatic carbocycles. The molecule has 2 saturated heterocycles. The van der Waals surface area contributed by atoms with Crippen molar-refractivity contribution < 1.29 is 14.3 Å². The first-order valence-corrected chi connectivity index (χ1v) is 11.6. The van der Waals surface area contributed by atoms with Crippen LogP contribution in [0.25, 0.3) is 10.9 Å². The zero-order valence-corrected chi connectivity index (χ0v) is 18.4. The number of fused-ring (bicyclic) bond motifs is 1. The van der Waals surface area contributed by atoms with Crippen LogP contribution in [0.4, 0.5) is 10.9 Å². The second-order valence-electron chi connectivity index (χ2n) is 7.77. The maximum atomic E-state index is 13.0. The molecule has 2 fully saturated rings. The summed E-state index contributed by atoms with van der Waals surface area (Å²) in [6.07, 6.45) is 2.14. The second kappa shape index (κ2) is 9.09. The van der Waals surface area contributed by atoms with E-state index in [1.165, 1.54) is 11.3 Å². The minimum absolute atomic E-state index is 0.271. The number of morpholine rings is 1. The summed E-state index contributed by atoms with van der Waals surface area (Å²) < 4.78 is 5.36. The number of hydrogen-bond acceptors (Lipinski definition) is 8. The van der Waals surface area contributed by atoms with Crippen LogP contribution >= 0.6 is 11.3 Å². The molecule has 0 saturated carbocycles. The summed E-state index contributed by atoms with van der Waals surface area (Å²) >= 11 is 1.40. The summed E-state index contributed by atoms with van der Waals surface area (Å²) in [5.74, 6) is -0.205. The first kappa shape index (κ1) is 20.7. The highest BCUT2D eigenvalue weighted by molar-refractivity contribution is 7.13. The molecule has 2 aliphatic heterocycles. The average molecular weight is 453 g/mol. The summed E-state index contributed by atoms with van der Waals surface area (Å²) in [5, 5.41) is 3.35. The van der Waals surface area contributed by atoms with Gasteiger partial charge in [0.2, 0.25) is 0 Å². The number of rotatable bonds is 4. The predicted molar refractivity (Wildman–Crippen MR) is 123 cm³/mol. The number of benzene rings is 1. The Hall–Kier alpha value is -3.24. The zero-order valence-electron chi connectivity index (χ0n) is 17.5. The molecule has 0 bridgehead atoms. The zero-order chi connectivity index (χ0) is 21.9. The van der Waals surface area contributed by atoms with Crippen LogP contribution in [-0.4, -0.2) is 61.2 Å². The molecule has 4 heterocycles. The summed E-state index contributed by atoms with van der Waals surface area (Å²) in [4.78, 5) is 39.0. The van der Waals surface area contributed by atoms with Gasteiger partial charge >= 0.3 is 0 Å². The molecule has 32 heavy (non-hydrogen) atoms. The monoisotopic (exact) mass is 452 g/mol. The number of carbonyl (C=O) groups excluding carboxylic acids is 2.